The molecule has 21 heavy (non-hydrogen) atoms. The van der Waals surface area contributed by atoms with Crippen molar-refractivity contribution in [2.45, 2.75) is 32.9 Å². The topological polar surface area (TPSA) is 24.5 Å². The SMILES string of the molecule is CCNCc1ccc(CN(C)CC2CCCOC2)c(Br)c1. The molecule has 0 saturated carbocycles. The molecule has 1 aromatic carbocycles. The van der Waals surface area contributed by atoms with Crippen LogP contribution in [0.3, 0.4) is 0 Å². The van der Waals surface area contributed by atoms with Crippen LogP contribution < -0.4 is 5.32 Å². The quantitative estimate of drug-likeness (QED) is 0.811. The Hall–Kier alpha value is -0.420. The first kappa shape index (κ1) is 16.9. The zero-order valence-corrected chi connectivity index (χ0v) is 14.8. The monoisotopic (exact) mass is 354 g/mol. The van der Waals surface area contributed by atoms with Gasteiger partial charge in [-0.2, -0.15) is 0 Å². The van der Waals surface area contributed by atoms with E-state index in [-0.39, 0.29) is 0 Å². The van der Waals surface area contributed by atoms with E-state index >= 15 is 0 Å². The van der Waals surface area contributed by atoms with Crippen molar-refractivity contribution in [3.05, 3.63) is 33.8 Å². The van der Waals surface area contributed by atoms with E-state index in [1.165, 1.54) is 28.4 Å². The maximum Gasteiger partial charge on any atom is 0.0506 e. The molecule has 0 aliphatic carbocycles. The molecule has 4 heteroatoms. The van der Waals surface area contributed by atoms with Crippen LogP contribution in [0, 0.1) is 5.92 Å². The lowest BCUT2D eigenvalue weighted by Crippen LogP contribution is -2.30. The molecule has 0 aromatic heterocycles. The summed E-state index contributed by atoms with van der Waals surface area (Å²) in [6.07, 6.45) is 2.51. The minimum absolute atomic E-state index is 0.690. The van der Waals surface area contributed by atoms with Crippen LogP contribution in [-0.4, -0.2) is 38.3 Å². The van der Waals surface area contributed by atoms with Gasteiger partial charge in [0.1, 0.15) is 0 Å². The second-order valence-electron chi connectivity index (χ2n) is 5.99. The molecule has 0 spiro atoms. The molecule has 1 aliphatic heterocycles. The summed E-state index contributed by atoms with van der Waals surface area (Å²) in [6.45, 7) is 8.04. The zero-order valence-electron chi connectivity index (χ0n) is 13.2. The van der Waals surface area contributed by atoms with E-state index in [0.29, 0.717) is 5.92 Å². The molecule has 2 rings (SSSR count). The van der Waals surface area contributed by atoms with Gasteiger partial charge in [-0.15, -0.1) is 0 Å². The molecule has 1 saturated heterocycles. The Morgan fingerprint density at radius 3 is 2.95 bits per heavy atom. The summed E-state index contributed by atoms with van der Waals surface area (Å²) in [6, 6.07) is 6.69. The van der Waals surface area contributed by atoms with Gasteiger partial charge in [-0.25, -0.2) is 0 Å². The molecule has 1 heterocycles. The predicted octanol–water partition coefficient (Wildman–Crippen LogP) is 3.42. The van der Waals surface area contributed by atoms with Crippen LogP contribution in [0.4, 0.5) is 0 Å². The second-order valence-corrected chi connectivity index (χ2v) is 6.84. The summed E-state index contributed by atoms with van der Waals surface area (Å²) in [4.78, 5) is 2.41. The lowest BCUT2D eigenvalue weighted by molar-refractivity contribution is 0.0411. The first-order valence-electron chi connectivity index (χ1n) is 7.93. The van der Waals surface area contributed by atoms with E-state index in [2.05, 4.69) is 58.3 Å². The molecule has 118 valence electrons. The molecule has 3 nitrogen and oxygen atoms in total. The standard InChI is InChI=1S/C17H27BrN2O/c1-3-19-10-14-6-7-16(17(18)9-14)12-20(2)11-15-5-4-8-21-13-15/h6-7,9,15,19H,3-5,8,10-13H2,1-2H3. The van der Waals surface area contributed by atoms with Crippen molar-refractivity contribution < 1.29 is 4.74 Å². The first-order valence-corrected chi connectivity index (χ1v) is 8.72. The van der Waals surface area contributed by atoms with Crippen LogP contribution in [0.25, 0.3) is 0 Å². The Morgan fingerprint density at radius 1 is 1.43 bits per heavy atom. The number of halogens is 1. The highest BCUT2D eigenvalue weighted by atomic mass is 79.9. The molecule has 0 bridgehead atoms. The second kappa shape index (κ2) is 8.89. The van der Waals surface area contributed by atoms with Crippen LogP contribution in [-0.2, 0) is 17.8 Å². The number of hydrogen-bond acceptors (Lipinski definition) is 3. The Balaban J connectivity index is 1.86. The van der Waals surface area contributed by atoms with Gasteiger partial charge >= 0.3 is 0 Å². The van der Waals surface area contributed by atoms with Gasteiger partial charge in [0, 0.05) is 30.7 Å². The summed E-state index contributed by atoms with van der Waals surface area (Å²) in [5.74, 6) is 0.690. The molecule has 1 fully saturated rings. The number of nitrogens with zero attached hydrogens (tertiary/aromatic N) is 1. The normalized spacial score (nSPS) is 19.1. The molecule has 1 unspecified atom stereocenters. The third-order valence-electron chi connectivity index (χ3n) is 3.96. The molecule has 1 aromatic rings. The van der Waals surface area contributed by atoms with Crippen LogP contribution >= 0.6 is 15.9 Å². The van der Waals surface area contributed by atoms with Crippen molar-refractivity contribution in [2.24, 2.45) is 5.92 Å². The van der Waals surface area contributed by atoms with Crippen molar-refractivity contribution in [2.75, 3.05) is 33.4 Å². The van der Waals surface area contributed by atoms with Gasteiger partial charge in [-0.05, 0) is 49.5 Å². The smallest absolute Gasteiger partial charge is 0.0506 e. The van der Waals surface area contributed by atoms with Crippen molar-refractivity contribution in [1.29, 1.82) is 0 Å². The van der Waals surface area contributed by atoms with E-state index < -0.39 is 0 Å². The number of hydrogen-bond donors (Lipinski definition) is 1. The maximum atomic E-state index is 5.57. The Morgan fingerprint density at radius 2 is 2.29 bits per heavy atom. The summed E-state index contributed by atoms with van der Waals surface area (Å²) < 4.78 is 6.78. The fourth-order valence-corrected chi connectivity index (χ4v) is 3.40. The molecule has 1 atom stereocenters. The zero-order chi connectivity index (χ0) is 15.1. The Kier molecular flexibility index (Phi) is 7.17. The number of ether oxygens (including phenoxy) is 1. The number of benzene rings is 1. The first-order chi connectivity index (χ1) is 10.2. The molecule has 1 N–H and O–H groups in total. The number of nitrogens with one attached hydrogen (secondary N) is 1. The molecule has 0 radical (unpaired) electrons. The van der Waals surface area contributed by atoms with Crippen LogP contribution in [0.1, 0.15) is 30.9 Å². The molecular weight excluding hydrogens is 328 g/mol. The summed E-state index contributed by atoms with van der Waals surface area (Å²) in [7, 11) is 2.20. The highest BCUT2D eigenvalue weighted by Gasteiger charge is 2.16. The van der Waals surface area contributed by atoms with Gasteiger partial charge in [0.15, 0.2) is 0 Å². The third kappa shape index (κ3) is 5.70. The maximum absolute atomic E-state index is 5.57. The van der Waals surface area contributed by atoms with Crippen molar-refractivity contribution in [3.63, 3.8) is 0 Å². The lowest BCUT2D eigenvalue weighted by atomic mass is 10.0. The minimum atomic E-state index is 0.690. The van der Waals surface area contributed by atoms with E-state index in [9.17, 15) is 0 Å². The van der Waals surface area contributed by atoms with Gasteiger partial charge in [-0.1, -0.05) is 35.0 Å². The Bertz CT molecular complexity index is 433. The van der Waals surface area contributed by atoms with Crippen LogP contribution in [0.15, 0.2) is 22.7 Å². The average Bonchev–Trinajstić information content (AvgIpc) is 2.48. The summed E-state index contributed by atoms with van der Waals surface area (Å²) in [5, 5.41) is 3.36. The third-order valence-corrected chi connectivity index (χ3v) is 4.70. The van der Waals surface area contributed by atoms with Crippen LogP contribution in [0.5, 0.6) is 0 Å². The average molecular weight is 355 g/mol. The lowest BCUT2D eigenvalue weighted by Gasteiger charge is -2.27. The van der Waals surface area contributed by atoms with Gasteiger partial charge in [0.2, 0.25) is 0 Å². The summed E-state index contributed by atoms with van der Waals surface area (Å²) >= 11 is 3.71. The molecule has 1 aliphatic rings. The van der Waals surface area contributed by atoms with Crippen LogP contribution in [0.2, 0.25) is 0 Å². The van der Waals surface area contributed by atoms with E-state index in [1.807, 2.05) is 0 Å². The van der Waals surface area contributed by atoms with Crippen molar-refractivity contribution >= 4 is 15.9 Å². The van der Waals surface area contributed by atoms with Gasteiger partial charge in [-0.3, -0.25) is 0 Å². The number of rotatable bonds is 7. The van der Waals surface area contributed by atoms with Gasteiger partial charge in [0.25, 0.3) is 0 Å². The minimum Gasteiger partial charge on any atom is -0.381 e. The van der Waals surface area contributed by atoms with Crippen molar-refractivity contribution in [3.8, 4) is 0 Å². The Labute approximate surface area is 137 Å². The van der Waals surface area contributed by atoms with Crippen molar-refractivity contribution in [1.82, 2.24) is 10.2 Å². The predicted molar refractivity (Wildman–Crippen MR) is 91.4 cm³/mol. The fraction of sp³-hybridized carbons (Fsp3) is 0.647. The highest BCUT2D eigenvalue weighted by molar-refractivity contribution is 9.10. The van der Waals surface area contributed by atoms with Gasteiger partial charge in [0.05, 0.1) is 6.61 Å². The highest BCUT2D eigenvalue weighted by Crippen LogP contribution is 2.21. The summed E-state index contributed by atoms with van der Waals surface area (Å²) in [5.41, 5.74) is 2.69. The largest absolute Gasteiger partial charge is 0.381 e. The van der Waals surface area contributed by atoms with E-state index in [0.717, 1.165) is 39.4 Å². The van der Waals surface area contributed by atoms with E-state index in [1.54, 1.807) is 0 Å². The fourth-order valence-electron chi connectivity index (χ4n) is 2.85. The molecule has 0 amide bonds. The van der Waals surface area contributed by atoms with Gasteiger partial charge < -0.3 is 15.0 Å². The molecular formula is C17H27BrN2O. The van der Waals surface area contributed by atoms with E-state index in [4.69, 9.17) is 4.74 Å².